The predicted octanol–water partition coefficient (Wildman–Crippen LogP) is 4.55. The molecule has 0 saturated heterocycles. The maximum atomic E-state index is 10.1. The Morgan fingerprint density at radius 3 is 2.38 bits per heavy atom. The van der Waals surface area contributed by atoms with Crippen LogP contribution in [0.1, 0.15) is 22.3 Å². The van der Waals surface area contributed by atoms with E-state index >= 15 is 0 Å². The van der Waals surface area contributed by atoms with E-state index in [0.29, 0.717) is 0 Å². The highest BCUT2D eigenvalue weighted by Crippen LogP contribution is 2.27. The Morgan fingerprint density at radius 2 is 1.67 bits per heavy atom. The summed E-state index contributed by atoms with van der Waals surface area (Å²) in [6.07, 6.45) is 1.72. The minimum absolute atomic E-state index is 0.156. The number of aromatic amines is 1. The van der Waals surface area contributed by atoms with Gasteiger partial charge in [0, 0.05) is 17.1 Å². The van der Waals surface area contributed by atoms with Gasteiger partial charge >= 0.3 is 0 Å². The quantitative estimate of drug-likeness (QED) is 0.664. The van der Waals surface area contributed by atoms with Crippen molar-refractivity contribution in [3.63, 3.8) is 0 Å². The van der Waals surface area contributed by atoms with Crippen molar-refractivity contribution in [1.82, 2.24) is 4.98 Å². The summed E-state index contributed by atoms with van der Waals surface area (Å²) in [7, 11) is 0. The van der Waals surface area contributed by atoms with Gasteiger partial charge in [-0.3, -0.25) is 4.99 Å². The first kappa shape index (κ1) is 13.4. The van der Waals surface area contributed by atoms with Crippen LogP contribution in [0.5, 0.6) is 5.88 Å². The average molecular weight is 278 g/mol. The van der Waals surface area contributed by atoms with Crippen LogP contribution in [0.3, 0.4) is 0 Å². The lowest BCUT2D eigenvalue weighted by Gasteiger charge is -1.99. The molecule has 0 atom stereocenters. The number of aryl methyl sites for hydroxylation is 3. The van der Waals surface area contributed by atoms with Crippen molar-refractivity contribution >= 4 is 22.8 Å². The second-order valence-corrected chi connectivity index (χ2v) is 5.54. The molecule has 0 amide bonds. The summed E-state index contributed by atoms with van der Waals surface area (Å²) in [6, 6.07) is 12.2. The van der Waals surface area contributed by atoms with Crippen molar-refractivity contribution in [2.75, 3.05) is 0 Å². The lowest BCUT2D eigenvalue weighted by molar-refractivity contribution is 0.457. The molecule has 3 heteroatoms. The zero-order valence-electron chi connectivity index (χ0n) is 12.4. The van der Waals surface area contributed by atoms with Gasteiger partial charge in [-0.05, 0) is 56.2 Å². The number of rotatable bonds is 2. The van der Waals surface area contributed by atoms with Crippen molar-refractivity contribution < 1.29 is 5.11 Å². The van der Waals surface area contributed by atoms with Gasteiger partial charge < -0.3 is 10.1 Å². The molecule has 0 fully saturated rings. The maximum Gasteiger partial charge on any atom is 0.198 e. The lowest BCUT2D eigenvalue weighted by atomic mass is 10.1. The third-order valence-electron chi connectivity index (χ3n) is 3.52. The van der Waals surface area contributed by atoms with E-state index in [-0.39, 0.29) is 5.88 Å². The van der Waals surface area contributed by atoms with Crippen LogP contribution in [0.2, 0.25) is 0 Å². The molecule has 3 rings (SSSR count). The van der Waals surface area contributed by atoms with Gasteiger partial charge in [0.05, 0.1) is 11.3 Å². The molecular weight excluding hydrogens is 260 g/mol. The molecule has 0 bridgehead atoms. The fraction of sp³-hybridized carbons (Fsp3) is 0.167. The zero-order chi connectivity index (χ0) is 15.0. The SMILES string of the molecule is Cc1cc(C)cc(N=Cc2c(O)[nH]c3ccc(C)cc23)c1. The van der Waals surface area contributed by atoms with Crippen molar-refractivity contribution in [1.29, 1.82) is 0 Å². The maximum absolute atomic E-state index is 10.1. The Labute approximate surface area is 124 Å². The monoisotopic (exact) mass is 278 g/mol. The molecule has 2 N–H and O–H groups in total. The Kier molecular flexibility index (Phi) is 3.26. The van der Waals surface area contributed by atoms with Crippen LogP contribution in [0.25, 0.3) is 10.9 Å². The van der Waals surface area contributed by atoms with Gasteiger partial charge in [0.15, 0.2) is 5.88 Å². The molecule has 0 aliphatic carbocycles. The smallest absolute Gasteiger partial charge is 0.198 e. The van der Waals surface area contributed by atoms with Crippen LogP contribution in [-0.4, -0.2) is 16.3 Å². The second kappa shape index (κ2) is 5.09. The van der Waals surface area contributed by atoms with Gasteiger partial charge in [-0.25, -0.2) is 0 Å². The van der Waals surface area contributed by atoms with Gasteiger partial charge in [0.25, 0.3) is 0 Å². The molecule has 3 aromatic rings. The standard InChI is InChI=1S/C18H18N2O/c1-11-4-5-17-15(9-11)16(18(21)20-17)10-19-14-7-12(2)6-13(3)8-14/h4-10,20-21H,1-3H3. The minimum Gasteiger partial charge on any atom is -0.494 e. The van der Waals surface area contributed by atoms with Gasteiger partial charge in [0.1, 0.15) is 0 Å². The molecule has 0 radical (unpaired) electrons. The number of hydrogen-bond acceptors (Lipinski definition) is 2. The molecular formula is C18H18N2O. The van der Waals surface area contributed by atoms with Crippen molar-refractivity contribution in [3.05, 3.63) is 58.7 Å². The minimum atomic E-state index is 0.156. The summed E-state index contributed by atoms with van der Waals surface area (Å²) in [4.78, 5) is 7.48. The van der Waals surface area contributed by atoms with E-state index in [1.54, 1.807) is 6.21 Å². The highest BCUT2D eigenvalue weighted by molar-refractivity contribution is 6.02. The number of aromatic hydroxyl groups is 1. The normalized spacial score (nSPS) is 11.6. The van der Waals surface area contributed by atoms with E-state index in [1.165, 1.54) is 11.1 Å². The Hall–Kier alpha value is -2.55. The topological polar surface area (TPSA) is 48.4 Å². The molecule has 0 aliphatic rings. The first-order chi connectivity index (χ1) is 10.0. The predicted molar refractivity (Wildman–Crippen MR) is 87.9 cm³/mol. The summed E-state index contributed by atoms with van der Waals surface area (Å²) in [5, 5.41) is 11.1. The Morgan fingerprint density at radius 1 is 0.952 bits per heavy atom. The zero-order valence-corrected chi connectivity index (χ0v) is 12.4. The lowest BCUT2D eigenvalue weighted by Crippen LogP contribution is -1.81. The Bertz CT molecular complexity index is 824. The first-order valence-corrected chi connectivity index (χ1v) is 6.96. The number of H-pyrrole nitrogens is 1. The fourth-order valence-electron chi connectivity index (χ4n) is 2.61. The molecule has 3 nitrogen and oxygen atoms in total. The highest BCUT2D eigenvalue weighted by atomic mass is 16.3. The molecule has 0 unspecified atom stereocenters. The Balaban J connectivity index is 2.06. The molecule has 21 heavy (non-hydrogen) atoms. The third kappa shape index (κ3) is 2.68. The van der Waals surface area contributed by atoms with Crippen LogP contribution < -0.4 is 0 Å². The van der Waals surface area contributed by atoms with Crippen molar-refractivity contribution in [2.45, 2.75) is 20.8 Å². The van der Waals surface area contributed by atoms with E-state index in [1.807, 2.05) is 31.2 Å². The number of benzene rings is 2. The molecule has 106 valence electrons. The number of fused-ring (bicyclic) bond motifs is 1. The number of hydrogen-bond donors (Lipinski definition) is 2. The molecule has 2 aromatic carbocycles. The van der Waals surface area contributed by atoms with Gasteiger partial charge in [0.2, 0.25) is 0 Å². The summed E-state index contributed by atoms with van der Waals surface area (Å²) in [5.41, 5.74) is 6.06. The number of aliphatic imine (C=N–C) groups is 1. The van der Waals surface area contributed by atoms with Gasteiger partial charge in [-0.2, -0.15) is 0 Å². The third-order valence-corrected chi connectivity index (χ3v) is 3.52. The molecule has 0 aliphatic heterocycles. The van der Waals surface area contributed by atoms with Crippen LogP contribution in [0.15, 0.2) is 41.4 Å². The van der Waals surface area contributed by atoms with E-state index in [4.69, 9.17) is 0 Å². The molecule has 0 spiro atoms. The number of nitrogens with zero attached hydrogens (tertiary/aromatic N) is 1. The van der Waals surface area contributed by atoms with Crippen LogP contribution >= 0.6 is 0 Å². The van der Waals surface area contributed by atoms with Crippen LogP contribution in [0.4, 0.5) is 5.69 Å². The summed E-state index contributed by atoms with van der Waals surface area (Å²) in [6.45, 7) is 6.14. The average Bonchev–Trinajstić information content (AvgIpc) is 2.70. The number of nitrogens with one attached hydrogen (secondary N) is 1. The van der Waals surface area contributed by atoms with Crippen LogP contribution in [-0.2, 0) is 0 Å². The van der Waals surface area contributed by atoms with E-state index in [2.05, 4.69) is 36.0 Å². The summed E-state index contributed by atoms with van der Waals surface area (Å²) in [5.74, 6) is 0.156. The van der Waals surface area contributed by atoms with Crippen LogP contribution in [0, 0.1) is 20.8 Å². The summed E-state index contributed by atoms with van der Waals surface area (Å²) < 4.78 is 0. The van der Waals surface area contributed by atoms with E-state index in [0.717, 1.165) is 27.7 Å². The largest absolute Gasteiger partial charge is 0.494 e. The van der Waals surface area contributed by atoms with Crippen molar-refractivity contribution in [3.8, 4) is 5.88 Å². The van der Waals surface area contributed by atoms with Gasteiger partial charge in [-0.15, -0.1) is 0 Å². The van der Waals surface area contributed by atoms with E-state index < -0.39 is 0 Å². The molecule has 0 saturated carbocycles. The van der Waals surface area contributed by atoms with Crippen molar-refractivity contribution in [2.24, 2.45) is 4.99 Å². The first-order valence-electron chi connectivity index (χ1n) is 6.96. The number of aromatic nitrogens is 1. The summed E-state index contributed by atoms with van der Waals surface area (Å²) >= 11 is 0. The second-order valence-electron chi connectivity index (χ2n) is 5.54. The van der Waals surface area contributed by atoms with Gasteiger partial charge in [-0.1, -0.05) is 17.7 Å². The van der Waals surface area contributed by atoms with E-state index in [9.17, 15) is 5.11 Å². The molecule has 1 aromatic heterocycles. The molecule has 1 heterocycles. The fourth-order valence-corrected chi connectivity index (χ4v) is 2.61. The highest BCUT2D eigenvalue weighted by Gasteiger charge is 2.08.